The summed E-state index contributed by atoms with van der Waals surface area (Å²) in [6.45, 7) is 3.05. The lowest BCUT2D eigenvalue weighted by Crippen LogP contribution is -2.38. The number of carbonyl (C=O) groups is 1. The van der Waals surface area contributed by atoms with E-state index >= 15 is 0 Å². The molecule has 0 radical (unpaired) electrons. The Morgan fingerprint density at radius 2 is 1.66 bits per heavy atom. The minimum Gasteiger partial charge on any atom is -0.496 e. The number of carbonyl (C=O) groups excluding carboxylic acids is 1. The number of anilines is 1. The number of rotatable bonds is 9. The third kappa shape index (κ3) is 6.79. The van der Waals surface area contributed by atoms with Gasteiger partial charge in [0.05, 0.1) is 36.5 Å². The largest absolute Gasteiger partial charge is 0.496 e. The molecule has 1 amide bonds. The molecule has 0 bridgehead atoms. The van der Waals surface area contributed by atoms with E-state index in [1.807, 2.05) is 36.4 Å². The molecule has 3 aliphatic rings. The summed E-state index contributed by atoms with van der Waals surface area (Å²) in [7, 11) is 1.55. The molecule has 2 aromatic carbocycles. The van der Waals surface area contributed by atoms with E-state index in [4.69, 9.17) is 14.5 Å². The molecule has 2 saturated heterocycles. The number of hydrogen-bond acceptors (Lipinski definition) is 6. The van der Waals surface area contributed by atoms with E-state index < -0.39 is 47.3 Å². The normalized spacial score (nSPS) is 19.6. The monoisotopic (exact) mass is 658 g/mol. The number of pyridine rings is 1. The number of benzene rings is 2. The van der Waals surface area contributed by atoms with Gasteiger partial charge in [-0.3, -0.25) is 9.89 Å². The van der Waals surface area contributed by atoms with Crippen LogP contribution in [-0.2, 0) is 30.1 Å². The molecule has 4 heterocycles. The number of nitrogens with zero attached hydrogens (tertiary/aromatic N) is 4. The Bertz CT molecular complexity index is 1700. The molecule has 7 nitrogen and oxygen atoms in total. The Morgan fingerprint density at radius 1 is 0.936 bits per heavy atom. The molecule has 13 heteroatoms. The van der Waals surface area contributed by atoms with Crippen molar-refractivity contribution in [2.75, 3.05) is 25.1 Å². The first-order valence-electron chi connectivity index (χ1n) is 15.2. The van der Waals surface area contributed by atoms with E-state index in [0.717, 1.165) is 55.6 Å². The van der Waals surface area contributed by atoms with Crippen molar-refractivity contribution in [1.82, 2.24) is 9.88 Å². The Kier molecular flexibility index (Phi) is 8.66. The molecule has 3 aromatic rings. The van der Waals surface area contributed by atoms with E-state index in [1.165, 1.54) is 11.8 Å². The quantitative estimate of drug-likeness (QED) is 0.216. The molecule has 248 valence electrons. The summed E-state index contributed by atoms with van der Waals surface area (Å²) < 4.78 is 92.8. The second kappa shape index (κ2) is 12.6. The Hall–Kier alpha value is -4.55. The number of cyclic esters (lactones) is 1. The zero-order valence-corrected chi connectivity index (χ0v) is 25.7. The van der Waals surface area contributed by atoms with Crippen LogP contribution in [0.15, 0.2) is 65.8 Å². The third-order valence-corrected chi connectivity index (χ3v) is 8.76. The first-order valence-corrected chi connectivity index (χ1v) is 15.2. The van der Waals surface area contributed by atoms with Crippen molar-refractivity contribution in [2.45, 2.75) is 63.7 Å². The zero-order valence-electron chi connectivity index (χ0n) is 25.7. The van der Waals surface area contributed by atoms with Crippen LogP contribution in [0.25, 0.3) is 11.1 Å². The molecular formula is C34H32F6N4O3. The molecule has 0 saturated carbocycles. The van der Waals surface area contributed by atoms with Gasteiger partial charge in [0.1, 0.15) is 17.7 Å². The van der Waals surface area contributed by atoms with Crippen LogP contribution in [0.1, 0.15) is 60.2 Å². The summed E-state index contributed by atoms with van der Waals surface area (Å²) in [5.74, 6) is 1.27. The molecule has 0 spiro atoms. The number of hydrogen-bond donors (Lipinski definition) is 0. The van der Waals surface area contributed by atoms with Crippen LogP contribution in [0.2, 0.25) is 0 Å². The molecule has 2 atom stereocenters. The van der Waals surface area contributed by atoms with Crippen LogP contribution >= 0.6 is 0 Å². The van der Waals surface area contributed by atoms with Crippen molar-refractivity contribution >= 4 is 17.6 Å². The lowest BCUT2D eigenvalue weighted by Gasteiger charge is -2.33. The van der Waals surface area contributed by atoms with Gasteiger partial charge in [-0.05, 0) is 79.8 Å². The maximum atomic E-state index is 13.6. The number of methoxy groups -OCH3 is 1. The SMILES string of the molecule is COc1ccc(CCC2=NC=CC2)cc1-c1ccc(N2CCC2)nc1CN1C(=O)O[C@H](c2cc(C(F)(F)F)cc(C(F)(F)F)c2)[C@@H]1C. The van der Waals surface area contributed by atoms with Crippen molar-refractivity contribution in [3.63, 3.8) is 0 Å². The summed E-state index contributed by atoms with van der Waals surface area (Å²) in [5, 5.41) is 0. The smallest absolute Gasteiger partial charge is 0.416 e. The summed E-state index contributed by atoms with van der Waals surface area (Å²) in [6, 6.07) is 9.97. The molecule has 3 aliphatic heterocycles. The number of allylic oxidation sites excluding steroid dienone is 1. The highest BCUT2D eigenvalue weighted by atomic mass is 19.4. The highest BCUT2D eigenvalue weighted by Gasteiger charge is 2.43. The molecular weight excluding hydrogens is 626 g/mol. The number of alkyl halides is 6. The molecule has 2 fully saturated rings. The zero-order chi connectivity index (χ0) is 33.5. The van der Waals surface area contributed by atoms with Gasteiger partial charge in [-0.25, -0.2) is 9.78 Å². The van der Waals surface area contributed by atoms with Gasteiger partial charge in [0.25, 0.3) is 0 Å². The molecule has 0 N–H and O–H groups in total. The second-order valence-corrected chi connectivity index (χ2v) is 11.8. The summed E-state index contributed by atoms with van der Waals surface area (Å²) >= 11 is 0. The topological polar surface area (TPSA) is 67.3 Å². The van der Waals surface area contributed by atoms with Crippen molar-refractivity contribution in [1.29, 1.82) is 0 Å². The maximum absolute atomic E-state index is 13.6. The predicted octanol–water partition coefficient (Wildman–Crippen LogP) is 8.38. The van der Waals surface area contributed by atoms with Crippen molar-refractivity contribution in [2.24, 2.45) is 4.99 Å². The summed E-state index contributed by atoms with van der Waals surface area (Å²) in [4.78, 5) is 25.9. The van der Waals surface area contributed by atoms with E-state index in [1.54, 1.807) is 13.3 Å². The molecule has 1 aromatic heterocycles. The average Bonchev–Trinajstić information content (AvgIpc) is 3.62. The van der Waals surface area contributed by atoms with Crippen LogP contribution in [0, 0.1) is 0 Å². The van der Waals surface area contributed by atoms with Crippen LogP contribution < -0.4 is 9.64 Å². The molecule has 47 heavy (non-hydrogen) atoms. The predicted molar refractivity (Wildman–Crippen MR) is 163 cm³/mol. The van der Waals surface area contributed by atoms with Crippen molar-refractivity contribution in [3.05, 3.63) is 88.8 Å². The third-order valence-electron chi connectivity index (χ3n) is 8.76. The van der Waals surface area contributed by atoms with Crippen molar-refractivity contribution < 1.29 is 40.6 Å². The Labute approximate surface area is 267 Å². The van der Waals surface area contributed by atoms with Gasteiger partial charge in [-0.1, -0.05) is 12.1 Å². The first-order chi connectivity index (χ1) is 22.3. The fourth-order valence-corrected chi connectivity index (χ4v) is 6.02. The Balaban J connectivity index is 1.34. The van der Waals surface area contributed by atoms with Crippen LogP contribution in [0.4, 0.5) is 37.0 Å². The molecule has 0 aliphatic carbocycles. The van der Waals surface area contributed by atoms with Gasteiger partial charge in [-0.15, -0.1) is 0 Å². The van der Waals surface area contributed by atoms with Gasteiger partial charge < -0.3 is 14.4 Å². The van der Waals surface area contributed by atoms with Crippen molar-refractivity contribution in [3.8, 4) is 16.9 Å². The lowest BCUT2D eigenvalue weighted by atomic mass is 9.96. The van der Waals surface area contributed by atoms with E-state index in [-0.39, 0.29) is 12.6 Å². The van der Waals surface area contributed by atoms with Gasteiger partial charge in [0.15, 0.2) is 0 Å². The number of ether oxygens (including phenoxy) is 2. The average molecular weight is 659 g/mol. The number of amides is 1. The van der Waals surface area contributed by atoms with Gasteiger partial charge in [0.2, 0.25) is 0 Å². The van der Waals surface area contributed by atoms with Crippen LogP contribution in [0.5, 0.6) is 5.75 Å². The Morgan fingerprint density at radius 3 is 2.26 bits per heavy atom. The standard InChI is InChI=1S/C34H32F6N4O3/c1-20-31(22-16-23(33(35,36)37)18-24(17-22)34(38,39)40)47-32(45)44(20)19-28-26(9-11-30(42-28)43-13-4-14-43)27-15-21(7-10-29(27)46-2)6-8-25-5-3-12-41-25/h3,7,9-12,15-18,20,31H,4-6,8,13-14,19H2,1-2H3/t20-,31-/m0/s1. The fourth-order valence-electron chi connectivity index (χ4n) is 6.02. The van der Waals surface area contributed by atoms with E-state index in [2.05, 4.69) is 9.89 Å². The number of aryl methyl sites for hydroxylation is 1. The minimum atomic E-state index is -5.04. The number of aromatic nitrogens is 1. The van der Waals surface area contributed by atoms with Crippen LogP contribution in [-0.4, -0.2) is 47.9 Å². The molecule has 6 rings (SSSR count). The number of halogens is 6. The van der Waals surface area contributed by atoms with Gasteiger partial charge >= 0.3 is 18.4 Å². The van der Waals surface area contributed by atoms with E-state index in [0.29, 0.717) is 35.0 Å². The summed E-state index contributed by atoms with van der Waals surface area (Å²) in [5.41, 5.74) is 0.674. The van der Waals surface area contributed by atoms with Crippen LogP contribution in [0.3, 0.4) is 0 Å². The molecule has 0 unspecified atom stereocenters. The van der Waals surface area contributed by atoms with Gasteiger partial charge in [0, 0.05) is 42.5 Å². The second-order valence-electron chi connectivity index (χ2n) is 11.8. The summed E-state index contributed by atoms with van der Waals surface area (Å²) in [6.07, 6.45) is -5.18. The first kappa shape index (κ1) is 32.4. The van der Waals surface area contributed by atoms with E-state index in [9.17, 15) is 31.1 Å². The lowest BCUT2D eigenvalue weighted by molar-refractivity contribution is -0.143. The van der Waals surface area contributed by atoms with Gasteiger partial charge in [-0.2, -0.15) is 26.3 Å². The highest BCUT2D eigenvalue weighted by molar-refractivity contribution is 5.88. The number of aliphatic imine (C=N–C) groups is 1. The fraction of sp³-hybridized carbons (Fsp3) is 0.382. The minimum absolute atomic E-state index is 0.0554. The maximum Gasteiger partial charge on any atom is 0.416 e. The highest BCUT2D eigenvalue weighted by Crippen LogP contribution is 2.42.